The molecule has 0 aromatic heterocycles. The summed E-state index contributed by atoms with van der Waals surface area (Å²) in [5.74, 6) is 0.682. The minimum absolute atomic E-state index is 0.0636. The van der Waals surface area contributed by atoms with E-state index >= 15 is 0 Å². The van der Waals surface area contributed by atoms with Crippen molar-refractivity contribution in [1.82, 2.24) is 0 Å². The van der Waals surface area contributed by atoms with Gasteiger partial charge in [0.25, 0.3) is 5.91 Å². The zero-order chi connectivity index (χ0) is 16.1. The number of carbonyl (C=O) groups excluding carboxylic acids is 1. The Morgan fingerprint density at radius 2 is 1.95 bits per heavy atom. The van der Waals surface area contributed by atoms with Gasteiger partial charge in [-0.05, 0) is 37.3 Å². The zero-order valence-corrected chi connectivity index (χ0v) is 12.9. The minimum Gasteiger partial charge on any atom is -0.506 e. The second-order valence-corrected chi connectivity index (χ2v) is 5.03. The van der Waals surface area contributed by atoms with Crippen molar-refractivity contribution in [2.75, 3.05) is 12.4 Å². The summed E-state index contributed by atoms with van der Waals surface area (Å²) in [5, 5.41) is 12.7. The third kappa shape index (κ3) is 4.05. The maximum atomic E-state index is 12.1. The van der Waals surface area contributed by atoms with E-state index in [1.165, 1.54) is 18.2 Å². The third-order valence-electron chi connectivity index (χ3n) is 2.94. The van der Waals surface area contributed by atoms with Gasteiger partial charge >= 0.3 is 0 Å². The number of amides is 1. The van der Waals surface area contributed by atoms with Crippen molar-refractivity contribution in [2.24, 2.45) is 0 Å². The Bertz CT molecular complexity index is 675. The number of carbonyl (C=O) groups is 1. The van der Waals surface area contributed by atoms with Crippen LogP contribution in [0.4, 0.5) is 5.69 Å². The number of methoxy groups -OCH3 is 1. The van der Waals surface area contributed by atoms with E-state index < -0.39 is 12.0 Å². The molecule has 1 amide bonds. The molecule has 116 valence electrons. The molecular weight excluding hydrogens is 306 g/mol. The molecule has 0 aliphatic heterocycles. The van der Waals surface area contributed by atoms with Crippen molar-refractivity contribution in [3.8, 4) is 17.2 Å². The van der Waals surface area contributed by atoms with E-state index in [2.05, 4.69) is 5.32 Å². The van der Waals surface area contributed by atoms with Crippen LogP contribution < -0.4 is 14.8 Å². The normalized spacial score (nSPS) is 11.6. The van der Waals surface area contributed by atoms with Crippen molar-refractivity contribution in [2.45, 2.75) is 13.0 Å². The number of ether oxygens (including phenoxy) is 2. The Morgan fingerprint density at radius 3 is 2.68 bits per heavy atom. The number of benzene rings is 2. The molecule has 6 heteroatoms. The van der Waals surface area contributed by atoms with Crippen molar-refractivity contribution in [3.63, 3.8) is 0 Å². The molecule has 0 bridgehead atoms. The average Bonchev–Trinajstić information content (AvgIpc) is 2.51. The molecule has 2 N–H and O–H groups in total. The van der Waals surface area contributed by atoms with E-state index in [1.807, 2.05) is 0 Å². The Kier molecular flexibility index (Phi) is 5.12. The van der Waals surface area contributed by atoms with Gasteiger partial charge in [0.05, 0.1) is 12.8 Å². The van der Waals surface area contributed by atoms with Gasteiger partial charge < -0.3 is 19.9 Å². The average molecular weight is 322 g/mol. The third-order valence-corrected chi connectivity index (χ3v) is 3.17. The Labute approximate surface area is 133 Å². The lowest BCUT2D eigenvalue weighted by Crippen LogP contribution is -2.30. The second kappa shape index (κ2) is 7.04. The lowest BCUT2D eigenvalue weighted by Gasteiger charge is -2.16. The fourth-order valence-corrected chi connectivity index (χ4v) is 1.95. The van der Waals surface area contributed by atoms with E-state index in [9.17, 15) is 9.90 Å². The molecule has 1 unspecified atom stereocenters. The quantitative estimate of drug-likeness (QED) is 0.828. The first-order valence-corrected chi connectivity index (χ1v) is 6.97. The number of halogens is 1. The summed E-state index contributed by atoms with van der Waals surface area (Å²) in [6.07, 6.45) is -0.759. The summed E-state index contributed by atoms with van der Waals surface area (Å²) in [4.78, 5) is 12.1. The summed E-state index contributed by atoms with van der Waals surface area (Å²) in [5.41, 5.74) is 0.235. The molecule has 22 heavy (non-hydrogen) atoms. The summed E-state index contributed by atoms with van der Waals surface area (Å²) in [6, 6.07) is 11.4. The lowest BCUT2D eigenvalue weighted by atomic mass is 10.2. The van der Waals surface area contributed by atoms with Crippen LogP contribution in [0.3, 0.4) is 0 Å². The molecular formula is C16H16ClNO4. The molecule has 0 aliphatic rings. The van der Waals surface area contributed by atoms with E-state index in [1.54, 1.807) is 38.3 Å². The van der Waals surface area contributed by atoms with Crippen LogP contribution in [0.2, 0.25) is 5.02 Å². The topological polar surface area (TPSA) is 67.8 Å². The molecule has 0 saturated heterocycles. The van der Waals surface area contributed by atoms with Gasteiger partial charge in [-0.1, -0.05) is 17.7 Å². The van der Waals surface area contributed by atoms with Gasteiger partial charge in [-0.3, -0.25) is 4.79 Å². The van der Waals surface area contributed by atoms with Gasteiger partial charge in [0, 0.05) is 11.1 Å². The zero-order valence-electron chi connectivity index (χ0n) is 12.2. The van der Waals surface area contributed by atoms with Crippen molar-refractivity contribution in [3.05, 3.63) is 47.5 Å². The molecule has 0 radical (unpaired) electrons. The molecule has 0 fully saturated rings. The van der Waals surface area contributed by atoms with E-state index in [0.29, 0.717) is 16.5 Å². The van der Waals surface area contributed by atoms with Crippen molar-refractivity contribution < 1.29 is 19.4 Å². The highest BCUT2D eigenvalue weighted by atomic mass is 35.5. The number of hydrogen-bond donors (Lipinski definition) is 2. The molecule has 0 aliphatic carbocycles. The van der Waals surface area contributed by atoms with Crippen LogP contribution in [-0.2, 0) is 4.79 Å². The highest BCUT2D eigenvalue weighted by Crippen LogP contribution is 2.27. The largest absolute Gasteiger partial charge is 0.506 e. The highest BCUT2D eigenvalue weighted by Gasteiger charge is 2.16. The molecule has 0 heterocycles. The predicted octanol–water partition coefficient (Wildman–Crippen LogP) is 3.46. The van der Waals surface area contributed by atoms with Gasteiger partial charge in [0.2, 0.25) is 0 Å². The first-order valence-electron chi connectivity index (χ1n) is 6.59. The number of aromatic hydroxyl groups is 1. The second-order valence-electron chi connectivity index (χ2n) is 4.59. The summed E-state index contributed by atoms with van der Waals surface area (Å²) < 4.78 is 10.6. The lowest BCUT2D eigenvalue weighted by molar-refractivity contribution is -0.122. The van der Waals surface area contributed by atoms with Crippen LogP contribution in [-0.4, -0.2) is 24.2 Å². The number of hydrogen-bond acceptors (Lipinski definition) is 4. The van der Waals surface area contributed by atoms with Crippen molar-refractivity contribution in [1.29, 1.82) is 0 Å². The van der Waals surface area contributed by atoms with Crippen LogP contribution >= 0.6 is 11.6 Å². The summed E-state index contributed by atoms with van der Waals surface area (Å²) >= 11 is 5.84. The molecule has 1 atom stereocenters. The number of phenols is 1. The Morgan fingerprint density at radius 1 is 1.23 bits per heavy atom. The van der Waals surface area contributed by atoms with Gasteiger partial charge in [-0.15, -0.1) is 0 Å². The minimum atomic E-state index is -0.759. The molecule has 2 rings (SSSR count). The van der Waals surface area contributed by atoms with E-state index in [0.717, 1.165) is 0 Å². The van der Waals surface area contributed by atoms with Gasteiger partial charge in [0.1, 0.15) is 17.2 Å². The maximum Gasteiger partial charge on any atom is 0.265 e. The van der Waals surface area contributed by atoms with E-state index in [4.69, 9.17) is 21.1 Å². The predicted molar refractivity (Wildman–Crippen MR) is 84.8 cm³/mol. The standard InChI is InChI=1S/C16H16ClNO4/c1-10(22-13-5-3-4-12(9-13)21-2)16(20)18-14-8-11(17)6-7-15(14)19/h3-10,19H,1-2H3,(H,18,20). The number of rotatable bonds is 5. The monoisotopic (exact) mass is 321 g/mol. The number of nitrogens with one attached hydrogen (secondary N) is 1. The van der Waals surface area contributed by atoms with Crippen molar-refractivity contribution >= 4 is 23.2 Å². The van der Waals surface area contributed by atoms with Crippen LogP contribution in [0.5, 0.6) is 17.2 Å². The first kappa shape index (κ1) is 16.0. The maximum absolute atomic E-state index is 12.1. The molecule has 0 spiro atoms. The fourth-order valence-electron chi connectivity index (χ4n) is 1.77. The smallest absolute Gasteiger partial charge is 0.265 e. The molecule has 5 nitrogen and oxygen atoms in total. The van der Waals surface area contributed by atoms with Gasteiger partial charge in [0.15, 0.2) is 6.10 Å². The van der Waals surface area contributed by atoms with Gasteiger partial charge in [-0.25, -0.2) is 0 Å². The van der Waals surface area contributed by atoms with Crippen LogP contribution in [0.15, 0.2) is 42.5 Å². The molecule has 2 aromatic rings. The number of anilines is 1. The number of phenolic OH excluding ortho intramolecular Hbond substituents is 1. The first-order chi connectivity index (χ1) is 10.5. The SMILES string of the molecule is COc1cccc(OC(C)C(=O)Nc2cc(Cl)ccc2O)c1. The summed E-state index contributed by atoms with van der Waals surface area (Å²) in [7, 11) is 1.55. The van der Waals surface area contributed by atoms with Crippen LogP contribution in [0.1, 0.15) is 6.92 Å². The summed E-state index contributed by atoms with van der Waals surface area (Å²) in [6.45, 7) is 1.61. The fraction of sp³-hybridized carbons (Fsp3) is 0.188. The van der Waals surface area contributed by atoms with Crippen LogP contribution in [0, 0.1) is 0 Å². The highest BCUT2D eigenvalue weighted by molar-refractivity contribution is 6.31. The Hall–Kier alpha value is -2.40. The van der Waals surface area contributed by atoms with E-state index in [-0.39, 0.29) is 11.4 Å². The molecule has 0 saturated carbocycles. The van der Waals surface area contributed by atoms with Gasteiger partial charge in [-0.2, -0.15) is 0 Å². The Balaban J connectivity index is 2.04. The molecule has 2 aromatic carbocycles. The van der Waals surface area contributed by atoms with Crippen LogP contribution in [0.25, 0.3) is 0 Å².